The first-order valence-corrected chi connectivity index (χ1v) is 7.69. The summed E-state index contributed by atoms with van der Waals surface area (Å²) in [6.45, 7) is 3.77. The number of nitrogens with zero attached hydrogens (tertiary/aromatic N) is 1. The van der Waals surface area contributed by atoms with E-state index in [2.05, 4.69) is 45.1 Å². The summed E-state index contributed by atoms with van der Waals surface area (Å²) in [7, 11) is 0. The molecule has 0 amide bonds. The van der Waals surface area contributed by atoms with Crippen molar-refractivity contribution in [1.82, 2.24) is 4.90 Å². The van der Waals surface area contributed by atoms with E-state index >= 15 is 0 Å². The van der Waals surface area contributed by atoms with Gasteiger partial charge in [0.2, 0.25) is 0 Å². The first kappa shape index (κ1) is 11.7. The summed E-state index contributed by atoms with van der Waals surface area (Å²) in [6, 6.07) is 9.06. The van der Waals surface area contributed by atoms with Crippen LogP contribution in [0.15, 0.2) is 24.3 Å². The van der Waals surface area contributed by atoms with E-state index in [-0.39, 0.29) is 0 Å². The van der Waals surface area contributed by atoms with Crippen molar-refractivity contribution >= 4 is 15.9 Å². The number of fused-ring (bicyclic) bond motifs is 1. The molecule has 0 spiro atoms. The topological polar surface area (TPSA) is 3.24 Å². The summed E-state index contributed by atoms with van der Waals surface area (Å²) in [4.78, 5) is 3.35. The zero-order chi connectivity index (χ0) is 11.7. The quantitative estimate of drug-likeness (QED) is 0.754. The first-order valence-electron chi connectivity index (χ1n) is 6.77. The maximum Gasteiger partial charge on any atom is 0.0285 e. The SMILES string of the molecule is BrC1CCN(CC2CCCc3ccccc32)C1. The van der Waals surface area contributed by atoms with E-state index < -0.39 is 0 Å². The van der Waals surface area contributed by atoms with E-state index in [1.165, 1.54) is 45.3 Å². The summed E-state index contributed by atoms with van der Waals surface area (Å²) in [5.74, 6) is 0.776. The maximum absolute atomic E-state index is 3.73. The zero-order valence-electron chi connectivity index (χ0n) is 10.2. The average molecular weight is 294 g/mol. The lowest BCUT2D eigenvalue weighted by Crippen LogP contribution is -2.28. The molecule has 1 aliphatic heterocycles. The number of halogens is 1. The van der Waals surface area contributed by atoms with Crippen molar-refractivity contribution in [3.05, 3.63) is 35.4 Å². The molecule has 1 aromatic rings. The Hall–Kier alpha value is -0.340. The van der Waals surface area contributed by atoms with Gasteiger partial charge < -0.3 is 4.90 Å². The molecule has 2 unspecified atom stereocenters. The summed E-state index contributed by atoms with van der Waals surface area (Å²) in [5, 5.41) is 0. The molecule has 92 valence electrons. The third kappa shape index (κ3) is 2.58. The lowest BCUT2D eigenvalue weighted by atomic mass is 9.82. The van der Waals surface area contributed by atoms with Crippen molar-refractivity contribution in [1.29, 1.82) is 0 Å². The van der Waals surface area contributed by atoms with Crippen LogP contribution in [0.4, 0.5) is 0 Å². The molecule has 2 aliphatic rings. The Labute approximate surface area is 112 Å². The van der Waals surface area contributed by atoms with Gasteiger partial charge in [-0.25, -0.2) is 0 Å². The van der Waals surface area contributed by atoms with Gasteiger partial charge in [-0.15, -0.1) is 0 Å². The molecule has 2 heteroatoms. The van der Waals surface area contributed by atoms with Gasteiger partial charge in [0.25, 0.3) is 0 Å². The van der Waals surface area contributed by atoms with Crippen LogP contribution < -0.4 is 0 Å². The molecule has 2 atom stereocenters. The van der Waals surface area contributed by atoms with Gasteiger partial charge in [-0.3, -0.25) is 0 Å². The van der Waals surface area contributed by atoms with E-state index in [0.717, 1.165) is 10.7 Å². The predicted octanol–water partition coefficient (Wildman–Crippen LogP) is 3.58. The molecule has 0 bridgehead atoms. The van der Waals surface area contributed by atoms with Crippen molar-refractivity contribution in [3.8, 4) is 0 Å². The van der Waals surface area contributed by atoms with Crippen LogP contribution in [0, 0.1) is 0 Å². The Bertz CT molecular complexity index is 390. The molecule has 0 radical (unpaired) electrons. The van der Waals surface area contributed by atoms with Gasteiger partial charge in [-0.05, 0) is 49.3 Å². The Balaban J connectivity index is 1.72. The van der Waals surface area contributed by atoms with Crippen LogP contribution in [0.2, 0.25) is 0 Å². The summed E-state index contributed by atoms with van der Waals surface area (Å²) >= 11 is 3.73. The van der Waals surface area contributed by atoms with Gasteiger partial charge in [0, 0.05) is 17.9 Å². The van der Waals surface area contributed by atoms with Gasteiger partial charge in [0.1, 0.15) is 0 Å². The highest BCUT2D eigenvalue weighted by molar-refractivity contribution is 9.09. The monoisotopic (exact) mass is 293 g/mol. The predicted molar refractivity (Wildman–Crippen MR) is 75.9 cm³/mol. The molecule has 1 aromatic carbocycles. The van der Waals surface area contributed by atoms with Gasteiger partial charge in [0.15, 0.2) is 0 Å². The van der Waals surface area contributed by atoms with Crippen LogP contribution in [-0.4, -0.2) is 29.4 Å². The average Bonchev–Trinajstić information content (AvgIpc) is 2.75. The third-order valence-electron chi connectivity index (χ3n) is 4.19. The molecule has 0 N–H and O–H groups in total. The van der Waals surface area contributed by atoms with E-state index in [1.807, 2.05) is 0 Å². The van der Waals surface area contributed by atoms with Crippen LogP contribution >= 0.6 is 15.9 Å². The van der Waals surface area contributed by atoms with Crippen LogP contribution in [0.1, 0.15) is 36.3 Å². The summed E-state index contributed by atoms with van der Waals surface area (Å²) < 4.78 is 0. The number of hydrogen-bond acceptors (Lipinski definition) is 1. The van der Waals surface area contributed by atoms with Gasteiger partial charge in [0.05, 0.1) is 0 Å². The minimum atomic E-state index is 0.723. The molecular formula is C15H20BrN. The van der Waals surface area contributed by atoms with Crippen LogP contribution in [-0.2, 0) is 6.42 Å². The second-order valence-corrected chi connectivity index (χ2v) is 6.73. The minimum Gasteiger partial charge on any atom is -0.302 e. The van der Waals surface area contributed by atoms with Crippen LogP contribution in [0.25, 0.3) is 0 Å². The standard InChI is InChI=1S/C15H20BrN/c16-14-8-9-17(11-14)10-13-6-3-5-12-4-1-2-7-15(12)13/h1-2,4,7,13-14H,3,5-6,8-11H2. The van der Waals surface area contributed by atoms with Crippen molar-refractivity contribution < 1.29 is 0 Å². The number of alkyl halides is 1. The van der Waals surface area contributed by atoms with Crippen molar-refractivity contribution in [2.24, 2.45) is 0 Å². The smallest absolute Gasteiger partial charge is 0.0285 e. The number of benzene rings is 1. The van der Waals surface area contributed by atoms with Crippen LogP contribution in [0.5, 0.6) is 0 Å². The molecule has 1 fully saturated rings. The largest absolute Gasteiger partial charge is 0.302 e. The van der Waals surface area contributed by atoms with E-state index in [0.29, 0.717) is 0 Å². The van der Waals surface area contributed by atoms with E-state index in [1.54, 1.807) is 11.1 Å². The normalized spacial score (nSPS) is 29.2. The van der Waals surface area contributed by atoms with Gasteiger partial charge in [-0.1, -0.05) is 40.2 Å². The number of likely N-dealkylation sites (tertiary alicyclic amines) is 1. The highest BCUT2D eigenvalue weighted by Crippen LogP contribution is 2.33. The highest BCUT2D eigenvalue weighted by atomic mass is 79.9. The maximum atomic E-state index is 3.73. The molecule has 1 aliphatic carbocycles. The molecule has 1 saturated heterocycles. The fourth-order valence-corrected chi connectivity index (χ4v) is 3.92. The lowest BCUT2D eigenvalue weighted by Gasteiger charge is -2.29. The Kier molecular flexibility index (Phi) is 3.53. The molecule has 17 heavy (non-hydrogen) atoms. The number of aryl methyl sites for hydroxylation is 1. The molecule has 0 aromatic heterocycles. The Morgan fingerprint density at radius 1 is 1.24 bits per heavy atom. The molecule has 0 saturated carbocycles. The van der Waals surface area contributed by atoms with Crippen molar-refractivity contribution in [2.45, 2.75) is 36.4 Å². The third-order valence-corrected chi connectivity index (χ3v) is 4.93. The summed E-state index contributed by atoms with van der Waals surface area (Å²) in [6.07, 6.45) is 5.34. The van der Waals surface area contributed by atoms with Gasteiger partial charge >= 0.3 is 0 Å². The molecule has 3 rings (SSSR count). The second kappa shape index (κ2) is 5.11. The van der Waals surface area contributed by atoms with Gasteiger partial charge in [-0.2, -0.15) is 0 Å². The summed E-state index contributed by atoms with van der Waals surface area (Å²) in [5.41, 5.74) is 3.22. The minimum absolute atomic E-state index is 0.723. The molecule has 1 nitrogen and oxygen atoms in total. The van der Waals surface area contributed by atoms with Crippen molar-refractivity contribution in [2.75, 3.05) is 19.6 Å². The molecule has 1 heterocycles. The second-order valence-electron chi connectivity index (χ2n) is 5.43. The fourth-order valence-electron chi connectivity index (χ4n) is 3.31. The number of hydrogen-bond donors (Lipinski definition) is 0. The van der Waals surface area contributed by atoms with E-state index in [4.69, 9.17) is 0 Å². The first-order chi connectivity index (χ1) is 8.33. The zero-order valence-corrected chi connectivity index (χ0v) is 11.8. The van der Waals surface area contributed by atoms with Crippen molar-refractivity contribution in [3.63, 3.8) is 0 Å². The highest BCUT2D eigenvalue weighted by Gasteiger charge is 2.26. The lowest BCUT2D eigenvalue weighted by molar-refractivity contribution is 0.301. The van der Waals surface area contributed by atoms with E-state index in [9.17, 15) is 0 Å². The Morgan fingerprint density at radius 3 is 2.94 bits per heavy atom. The number of rotatable bonds is 2. The molecular weight excluding hydrogens is 274 g/mol. The van der Waals surface area contributed by atoms with Crippen LogP contribution in [0.3, 0.4) is 0 Å². The fraction of sp³-hybridized carbons (Fsp3) is 0.600. The Morgan fingerprint density at radius 2 is 2.12 bits per heavy atom.